The van der Waals surface area contributed by atoms with E-state index in [9.17, 15) is 4.79 Å². The van der Waals surface area contributed by atoms with E-state index in [1.54, 1.807) is 0 Å². The largest absolute Gasteiger partial charge is 0.333 e. The molecular weight excluding hydrogens is 284 g/mol. The van der Waals surface area contributed by atoms with Crippen molar-refractivity contribution in [3.8, 4) is 0 Å². The van der Waals surface area contributed by atoms with Crippen LogP contribution in [0.25, 0.3) is 0 Å². The average molecular weight is 310 g/mol. The smallest absolute Gasteiger partial charge is 0.273 e. The highest BCUT2D eigenvalue weighted by Gasteiger charge is 2.28. The van der Waals surface area contributed by atoms with Gasteiger partial charge in [-0.25, -0.2) is 4.98 Å². The molecule has 0 bridgehead atoms. The molecule has 0 radical (unpaired) electrons. The van der Waals surface area contributed by atoms with Crippen LogP contribution in [0.1, 0.15) is 41.2 Å². The lowest BCUT2D eigenvalue weighted by Gasteiger charge is -2.29. The third-order valence-corrected chi connectivity index (χ3v) is 4.85. The molecule has 1 aliphatic rings. The summed E-state index contributed by atoms with van der Waals surface area (Å²) in [6.07, 6.45) is 5.45. The molecule has 118 valence electrons. The lowest BCUT2D eigenvalue weighted by molar-refractivity contribution is 0.0662. The van der Waals surface area contributed by atoms with Gasteiger partial charge in [-0.15, -0.1) is 11.3 Å². The van der Waals surface area contributed by atoms with Crippen LogP contribution in [0, 0.1) is 0 Å². The Labute approximate surface area is 131 Å². The van der Waals surface area contributed by atoms with Crippen LogP contribution in [0.5, 0.6) is 0 Å². The Balaban J connectivity index is 2.07. The molecule has 1 saturated carbocycles. The minimum Gasteiger partial charge on any atom is -0.333 e. The lowest BCUT2D eigenvalue weighted by Crippen LogP contribution is -2.42. The van der Waals surface area contributed by atoms with Crippen LogP contribution in [0.4, 0.5) is 0 Å². The number of hydrogen-bond donors (Lipinski definition) is 1. The maximum Gasteiger partial charge on any atom is 0.273 e. The fourth-order valence-corrected chi connectivity index (χ4v) is 3.56. The lowest BCUT2D eigenvalue weighted by atomic mass is 10.2. The zero-order valence-electron chi connectivity index (χ0n) is 13.0. The molecule has 2 N–H and O–H groups in total. The van der Waals surface area contributed by atoms with Gasteiger partial charge in [-0.05, 0) is 33.5 Å². The second-order valence-electron chi connectivity index (χ2n) is 5.91. The quantitative estimate of drug-likeness (QED) is 0.831. The molecule has 1 aliphatic carbocycles. The highest BCUT2D eigenvalue weighted by molar-refractivity contribution is 7.09. The molecule has 1 heterocycles. The topological polar surface area (TPSA) is 62.5 Å². The second-order valence-corrected chi connectivity index (χ2v) is 6.85. The SMILES string of the molecule is CN(C)CCN(C(=O)c1csc(CCN)n1)C1CCCC1. The van der Waals surface area contributed by atoms with Crippen molar-refractivity contribution in [3.63, 3.8) is 0 Å². The van der Waals surface area contributed by atoms with E-state index in [2.05, 4.69) is 9.88 Å². The Morgan fingerprint density at radius 3 is 2.71 bits per heavy atom. The third-order valence-electron chi connectivity index (χ3n) is 3.94. The van der Waals surface area contributed by atoms with E-state index in [1.165, 1.54) is 24.2 Å². The molecule has 0 atom stereocenters. The number of thiazole rings is 1. The highest BCUT2D eigenvalue weighted by atomic mass is 32.1. The van der Waals surface area contributed by atoms with E-state index < -0.39 is 0 Å². The Kier molecular flexibility index (Phi) is 6.14. The van der Waals surface area contributed by atoms with Crippen molar-refractivity contribution < 1.29 is 4.79 Å². The van der Waals surface area contributed by atoms with Gasteiger partial charge >= 0.3 is 0 Å². The molecule has 1 aromatic heterocycles. The van der Waals surface area contributed by atoms with Crippen molar-refractivity contribution in [2.45, 2.75) is 38.1 Å². The summed E-state index contributed by atoms with van der Waals surface area (Å²) in [6, 6.07) is 0.386. The number of amides is 1. The van der Waals surface area contributed by atoms with E-state index in [0.29, 0.717) is 18.3 Å². The number of nitrogens with two attached hydrogens (primary N) is 1. The maximum absolute atomic E-state index is 12.8. The molecule has 21 heavy (non-hydrogen) atoms. The number of aromatic nitrogens is 1. The fraction of sp³-hybridized carbons (Fsp3) is 0.733. The van der Waals surface area contributed by atoms with Gasteiger partial charge in [0.25, 0.3) is 5.91 Å². The molecule has 6 heteroatoms. The molecule has 0 aromatic carbocycles. The van der Waals surface area contributed by atoms with Crippen LogP contribution in [0.3, 0.4) is 0 Å². The summed E-state index contributed by atoms with van der Waals surface area (Å²) < 4.78 is 0. The highest BCUT2D eigenvalue weighted by Crippen LogP contribution is 2.25. The first-order valence-electron chi connectivity index (χ1n) is 7.72. The molecule has 0 aliphatic heterocycles. The van der Waals surface area contributed by atoms with Crippen LogP contribution in [0.15, 0.2) is 5.38 Å². The van der Waals surface area contributed by atoms with E-state index in [-0.39, 0.29) is 5.91 Å². The normalized spacial score (nSPS) is 15.8. The van der Waals surface area contributed by atoms with Crippen molar-refractivity contribution in [1.82, 2.24) is 14.8 Å². The van der Waals surface area contributed by atoms with Gasteiger partial charge in [-0.3, -0.25) is 4.79 Å². The van der Waals surface area contributed by atoms with Crippen LogP contribution >= 0.6 is 11.3 Å². The number of carbonyl (C=O) groups excluding carboxylic acids is 1. The van der Waals surface area contributed by atoms with Crippen LogP contribution in [0.2, 0.25) is 0 Å². The Morgan fingerprint density at radius 2 is 2.10 bits per heavy atom. The van der Waals surface area contributed by atoms with Gasteiger partial charge in [0.1, 0.15) is 5.69 Å². The summed E-state index contributed by atoms with van der Waals surface area (Å²) in [7, 11) is 4.08. The monoisotopic (exact) mass is 310 g/mol. The van der Waals surface area contributed by atoms with Gasteiger partial charge in [0.15, 0.2) is 0 Å². The predicted octanol–water partition coefficient (Wildman–Crippen LogP) is 1.59. The average Bonchev–Trinajstić information content (AvgIpc) is 3.10. The molecule has 5 nitrogen and oxygen atoms in total. The Hall–Kier alpha value is -0.980. The van der Waals surface area contributed by atoms with Crippen molar-refractivity contribution in [2.24, 2.45) is 5.73 Å². The minimum absolute atomic E-state index is 0.0864. The van der Waals surface area contributed by atoms with Gasteiger partial charge in [0, 0.05) is 30.9 Å². The molecule has 1 amide bonds. The summed E-state index contributed by atoms with van der Waals surface area (Å²) >= 11 is 1.54. The van der Waals surface area contributed by atoms with Gasteiger partial charge in [0.05, 0.1) is 5.01 Å². The summed E-state index contributed by atoms with van der Waals surface area (Å²) in [4.78, 5) is 21.4. The number of likely N-dealkylation sites (N-methyl/N-ethyl adjacent to an activating group) is 1. The van der Waals surface area contributed by atoms with Gasteiger partial charge in [0.2, 0.25) is 0 Å². The van der Waals surface area contributed by atoms with Gasteiger partial charge in [-0.2, -0.15) is 0 Å². The van der Waals surface area contributed by atoms with E-state index in [4.69, 9.17) is 5.73 Å². The molecule has 1 fully saturated rings. The first kappa shape index (κ1) is 16.4. The van der Waals surface area contributed by atoms with Gasteiger partial charge in [-0.1, -0.05) is 12.8 Å². The fourth-order valence-electron chi connectivity index (χ4n) is 2.77. The van der Waals surface area contributed by atoms with Crippen LogP contribution in [-0.4, -0.2) is 60.5 Å². The van der Waals surface area contributed by atoms with Crippen LogP contribution < -0.4 is 5.73 Å². The van der Waals surface area contributed by atoms with Crippen molar-refractivity contribution in [2.75, 3.05) is 33.7 Å². The summed E-state index contributed by atoms with van der Waals surface area (Å²) in [5.74, 6) is 0.0864. The Bertz CT molecular complexity index is 454. The molecule has 0 saturated heterocycles. The second kappa shape index (κ2) is 7.87. The predicted molar refractivity (Wildman–Crippen MR) is 86.7 cm³/mol. The van der Waals surface area contributed by atoms with Crippen LogP contribution in [-0.2, 0) is 6.42 Å². The molecule has 0 unspecified atom stereocenters. The third kappa shape index (κ3) is 4.49. The Morgan fingerprint density at radius 1 is 1.38 bits per heavy atom. The van der Waals surface area contributed by atoms with E-state index in [1.807, 2.05) is 24.4 Å². The minimum atomic E-state index is 0.0864. The van der Waals surface area contributed by atoms with E-state index in [0.717, 1.165) is 37.4 Å². The molecule has 0 spiro atoms. The number of carbonyl (C=O) groups is 1. The van der Waals surface area contributed by atoms with Crippen molar-refractivity contribution in [1.29, 1.82) is 0 Å². The zero-order chi connectivity index (χ0) is 15.2. The molecular formula is C15H26N4OS. The van der Waals surface area contributed by atoms with E-state index >= 15 is 0 Å². The van der Waals surface area contributed by atoms with Crippen molar-refractivity contribution in [3.05, 3.63) is 16.1 Å². The summed E-state index contributed by atoms with van der Waals surface area (Å²) in [5, 5.41) is 2.84. The van der Waals surface area contributed by atoms with Gasteiger partial charge < -0.3 is 15.5 Å². The zero-order valence-corrected chi connectivity index (χ0v) is 13.9. The first-order chi connectivity index (χ1) is 10.1. The number of rotatable bonds is 7. The number of nitrogens with zero attached hydrogens (tertiary/aromatic N) is 3. The standard InChI is InChI=1S/C15H26N4OS/c1-18(2)9-10-19(12-5-3-4-6-12)15(20)13-11-21-14(17-13)7-8-16/h11-12H,3-10,16H2,1-2H3. The summed E-state index contributed by atoms with van der Waals surface area (Å²) in [6.45, 7) is 2.25. The maximum atomic E-state index is 12.8. The molecule has 2 rings (SSSR count). The number of hydrogen-bond acceptors (Lipinski definition) is 5. The van der Waals surface area contributed by atoms with Crippen molar-refractivity contribution >= 4 is 17.2 Å². The summed E-state index contributed by atoms with van der Waals surface area (Å²) in [5.41, 5.74) is 6.14. The first-order valence-corrected chi connectivity index (χ1v) is 8.60. The molecule has 1 aromatic rings.